The maximum atomic E-state index is 14.4. The van der Waals surface area contributed by atoms with Crippen LogP contribution in [-0.2, 0) is 0 Å². The molecule has 0 unspecified atom stereocenters. The van der Waals surface area contributed by atoms with E-state index in [4.69, 9.17) is 0 Å². The standard InChI is InChI=1S/C15H16BrFN2S.ClH/c16-11-3-4-12(13(17)10-11)15(14-2-1-9-20-14)19-7-5-18-6-8-19;/h1-4,9-10,15,18H,5-8H2;1H/t15-;/m1./s1. The topological polar surface area (TPSA) is 15.3 Å². The lowest BCUT2D eigenvalue weighted by molar-refractivity contribution is 0.197. The molecule has 0 spiro atoms. The molecule has 114 valence electrons. The van der Waals surface area contributed by atoms with Crippen LogP contribution in [0.15, 0.2) is 40.2 Å². The normalized spacial score (nSPS) is 17.2. The fourth-order valence-electron chi connectivity index (χ4n) is 2.64. The van der Waals surface area contributed by atoms with Crippen LogP contribution in [0.5, 0.6) is 0 Å². The molecule has 0 bridgehead atoms. The van der Waals surface area contributed by atoms with Crippen LogP contribution in [0.2, 0.25) is 0 Å². The number of nitrogens with one attached hydrogen (secondary N) is 1. The van der Waals surface area contributed by atoms with Gasteiger partial charge >= 0.3 is 0 Å². The van der Waals surface area contributed by atoms with E-state index in [1.807, 2.05) is 18.2 Å². The van der Waals surface area contributed by atoms with Crippen LogP contribution >= 0.6 is 39.7 Å². The van der Waals surface area contributed by atoms with E-state index >= 15 is 0 Å². The summed E-state index contributed by atoms with van der Waals surface area (Å²) < 4.78 is 15.2. The number of hydrogen-bond acceptors (Lipinski definition) is 3. The first kappa shape index (κ1) is 16.9. The summed E-state index contributed by atoms with van der Waals surface area (Å²) in [5.41, 5.74) is 0.762. The van der Waals surface area contributed by atoms with Crippen molar-refractivity contribution in [1.82, 2.24) is 10.2 Å². The van der Waals surface area contributed by atoms with Gasteiger partial charge in [-0.05, 0) is 23.6 Å². The fraction of sp³-hybridized carbons (Fsp3) is 0.333. The molecule has 1 aromatic heterocycles. The summed E-state index contributed by atoms with van der Waals surface area (Å²) in [4.78, 5) is 3.56. The zero-order valence-electron chi connectivity index (χ0n) is 11.4. The van der Waals surface area contributed by atoms with Crippen LogP contribution in [0, 0.1) is 5.82 Å². The van der Waals surface area contributed by atoms with E-state index in [-0.39, 0.29) is 24.3 Å². The molecule has 1 fully saturated rings. The maximum absolute atomic E-state index is 14.4. The first-order chi connectivity index (χ1) is 9.75. The van der Waals surface area contributed by atoms with E-state index in [1.54, 1.807) is 17.4 Å². The Bertz CT molecular complexity index is 573. The first-order valence-corrected chi connectivity index (χ1v) is 8.36. The summed E-state index contributed by atoms with van der Waals surface area (Å²) >= 11 is 5.02. The van der Waals surface area contributed by atoms with Crippen molar-refractivity contribution in [3.63, 3.8) is 0 Å². The quantitative estimate of drug-likeness (QED) is 0.848. The van der Waals surface area contributed by atoms with Gasteiger partial charge in [0.05, 0.1) is 6.04 Å². The van der Waals surface area contributed by atoms with Crippen molar-refractivity contribution in [3.8, 4) is 0 Å². The van der Waals surface area contributed by atoms with E-state index in [2.05, 4.69) is 37.6 Å². The highest BCUT2D eigenvalue weighted by atomic mass is 79.9. The van der Waals surface area contributed by atoms with Crippen molar-refractivity contribution in [2.75, 3.05) is 26.2 Å². The molecule has 1 aliphatic rings. The lowest BCUT2D eigenvalue weighted by Crippen LogP contribution is -2.45. The number of piperazine rings is 1. The third kappa shape index (κ3) is 3.85. The second-order valence-electron chi connectivity index (χ2n) is 4.87. The van der Waals surface area contributed by atoms with E-state index in [9.17, 15) is 4.39 Å². The lowest BCUT2D eigenvalue weighted by Gasteiger charge is -2.35. The molecule has 0 radical (unpaired) electrons. The summed E-state index contributed by atoms with van der Waals surface area (Å²) in [6.07, 6.45) is 0. The number of nitrogens with zero attached hydrogens (tertiary/aromatic N) is 1. The predicted molar refractivity (Wildman–Crippen MR) is 92.0 cm³/mol. The average Bonchev–Trinajstić information content (AvgIpc) is 2.97. The summed E-state index contributed by atoms with van der Waals surface area (Å²) in [5.74, 6) is -0.142. The molecule has 21 heavy (non-hydrogen) atoms. The molecule has 1 atom stereocenters. The van der Waals surface area contributed by atoms with Crippen LogP contribution in [0.4, 0.5) is 4.39 Å². The van der Waals surface area contributed by atoms with Crippen LogP contribution in [0.25, 0.3) is 0 Å². The molecule has 2 nitrogen and oxygen atoms in total. The molecule has 0 saturated carbocycles. The number of thiophene rings is 1. The van der Waals surface area contributed by atoms with Crippen LogP contribution in [-0.4, -0.2) is 31.1 Å². The molecule has 1 aliphatic heterocycles. The van der Waals surface area contributed by atoms with Crippen molar-refractivity contribution < 1.29 is 4.39 Å². The Labute approximate surface area is 142 Å². The molecule has 3 rings (SSSR count). The predicted octanol–water partition coefficient (Wildman–Crippen LogP) is 4.07. The van der Waals surface area contributed by atoms with Crippen LogP contribution < -0.4 is 5.32 Å². The molecule has 6 heteroatoms. The zero-order chi connectivity index (χ0) is 13.9. The Hall–Kier alpha value is -0.460. The summed E-state index contributed by atoms with van der Waals surface area (Å²) in [5, 5.41) is 5.41. The lowest BCUT2D eigenvalue weighted by atomic mass is 10.0. The molecule has 0 amide bonds. The highest BCUT2D eigenvalue weighted by molar-refractivity contribution is 9.10. The summed E-state index contributed by atoms with van der Waals surface area (Å²) in [7, 11) is 0. The molecule has 1 N–H and O–H groups in total. The van der Waals surface area contributed by atoms with Gasteiger partial charge in [0.15, 0.2) is 0 Å². The molecular formula is C15H17BrClFN2S. The Morgan fingerprint density at radius 3 is 2.62 bits per heavy atom. The summed E-state index contributed by atoms with van der Waals surface area (Å²) in [6, 6.07) is 9.51. The van der Waals surface area contributed by atoms with Gasteiger partial charge in [-0.1, -0.05) is 28.1 Å². The van der Waals surface area contributed by atoms with Crippen LogP contribution in [0.3, 0.4) is 0 Å². The molecule has 0 aliphatic carbocycles. The molecule has 1 aromatic carbocycles. The monoisotopic (exact) mass is 390 g/mol. The van der Waals surface area contributed by atoms with Crippen molar-refractivity contribution in [2.24, 2.45) is 0 Å². The Morgan fingerprint density at radius 2 is 2.00 bits per heavy atom. The second kappa shape index (κ2) is 7.70. The van der Waals surface area contributed by atoms with Gasteiger partial charge in [-0.15, -0.1) is 23.7 Å². The van der Waals surface area contributed by atoms with Gasteiger partial charge in [0.1, 0.15) is 5.82 Å². The zero-order valence-corrected chi connectivity index (χ0v) is 14.6. The third-order valence-corrected chi connectivity index (χ3v) is 5.00. The number of hydrogen-bond donors (Lipinski definition) is 1. The SMILES string of the molecule is Cl.Fc1cc(Br)ccc1[C@H](c1cccs1)N1CCNCC1. The van der Waals surface area contributed by atoms with Gasteiger partial charge in [0, 0.05) is 41.1 Å². The minimum atomic E-state index is -0.142. The smallest absolute Gasteiger partial charge is 0.129 e. The third-order valence-electron chi connectivity index (χ3n) is 3.59. The number of benzene rings is 1. The molecule has 2 aromatic rings. The summed E-state index contributed by atoms with van der Waals surface area (Å²) in [6.45, 7) is 3.80. The maximum Gasteiger partial charge on any atom is 0.129 e. The Morgan fingerprint density at radius 1 is 1.24 bits per heavy atom. The van der Waals surface area contributed by atoms with E-state index in [1.165, 1.54) is 4.88 Å². The largest absolute Gasteiger partial charge is 0.314 e. The minimum Gasteiger partial charge on any atom is -0.314 e. The van der Waals surface area contributed by atoms with Gasteiger partial charge in [-0.3, -0.25) is 4.90 Å². The van der Waals surface area contributed by atoms with E-state index < -0.39 is 0 Å². The van der Waals surface area contributed by atoms with Crippen LogP contribution in [0.1, 0.15) is 16.5 Å². The van der Waals surface area contributed by atoms with Gasteiger partial charge in [0.25, 0.3) is 0 Å². The van der Waals surface area contributed by atoms with Crippen molar-refractivity contribution in [3.05, 3.63) is 56.4 Å². The molecular weight excluding hydrogens is 375 g/mol. The van der Waals surface area contributed by atoms with Crippen molar-refractivity contribution in [1.29, 1.82) is 0 Å². The van der Waals surface area contributed by atoms with Gasteiger partial charge in [-0.25, -0.2) is 4.39 Å². The number of rotatable bonds is 3. The average molecular weight is 392 g/mol. The van der Waals surface area contributed by atoms with Gasteiger partial charge in [0.2, 0.25) is 0 Å². The second-order valence-corrected chi connectivity index (χ2v) is 6.76. The van der Waals surface area contributed by atoms with Crippen molar-refractivity contribution >= 4 is 39.7 Å². The van der Waals surface area contributed by atoms with E-state index in [0.29, 0.717) is 0 Å². The van der Waals surface area contributed by atoms with E-state index in [0.717, 1.165) is 36.2 Å². The van der Waals surface area contributed by atoms with Gasteiger partial charge < -0.3 is 5.32 Å². The minimum absolute atomic E-state index is 0. The fourth-order valence-corrected chi connectivity index (χ4v) is 3.85. The Balaban J connectivity index is 0.00000161. The van der Waals surface area contributed by atoms with Gasteiger partial charge in [-0.2, -0.15) is 0 Å². The first-order valence-electron chi connectivity index (χ1n) is 6.69. The Kier molecular flexibility index (Phi) is 6.20. The molecule has 1 saturated heterocycles. The highest BCUT2D eigenvalue weighted by Crippen LogP contribution is 2.34. The number of halogens is 3. The highest BCUT2D eigenvalue weighted by Gasteiger charge is 2.26. The van der Waals surface area contributed by atoms with Crippen molar-refractivity contribution in [2.45, 2.75) is 6.04 Å². The molecule has 2 heterocycles.